The van der Waals surface area contributed by atoms with Gasteiger partial charge in [-0.25, -0.2) is 0 Å². The topological polar surface area (TPSA) is 91.3 Å². The molecular formula is C16H13N3O4. The van der Waals surface area contributed by atoms with Gasteiger partial charge in [0.25, 0.3) is 11.6 Å². The number of ether oxygens (including phenoxy) is 1. The third-order valence-electron chi connectivity index (χ3n) is 3.23. The van der Waals surface area contributed by atoms with E-state index in [1.54, 1.807) is 12.1 Å². The maximum atomic E-state index is 10.8. The summed E-state index contributed by atoms with van der Waals surface area (Å²) in [7, 11) is 0. The third kappa shape index (κ3) is 3.34. The Morgan fingerprint density at radius 2 is 2.04 bits per heavy atom. The summed E-state index contributed by atoms with van der Waals surface area (Å²) in [5.74, 6) is 1.33. The highest BCUT2D eigenvalue weighted by Crippen LogP contribution is 2.22. The Balaban J connectivity index is 1.74. The van der Waals surface area contributed by atoms with Gasteiger partial charge in [-0.15, -0.1) is 0 Å². The first-order valence-electron chi connectivity index (χ1n) is 6.89. The molecule has 0 bridgehead atoms. The van der Waals surface area contributed by atoms with E-state index in [2.05, 4.69) is 10.1 Å². The third-order valence-corrected chi connectivity index (χ3v) is 3.23. The number of nitro groups is 1. The van der Waals surface area contributed by atoms with E-state index >= 15 is 0 Å². The van der Waals surface area contributed by atoms with Crippen LogP contribution in [0.5, 0.6) is 5.75 Å². The van der Waals surface area contributed by atoms with Crippen LogP contribution in [0.3, 0.4) is 0 Å². The molecule has 0 aliphatic heterocycles. The number of aromatic nitrogens is 2. The Bertz CT molecular complexity index is 845. The molecule has 0 atom stereocenters. The average Bonchev–Trinajstić information content (AvgIpc) is 3.03. The first-order chi connectivity index (χ1) is 11.1. The van der Waals surface area contributed by atoms with Crippen LogP contribution in [0.15, 0.2) is 53.1 Å². The fraction of sp³-hybridized carbons (Fsp3) is 0.125. The lowest BCUT2D eigenvalue weighted by Crippen LogP contribution is -1.97. The number of nitrogens with zero attached hydrogens (tertiary/aromatic N) is 3. The second-order valence-corrected chi connectivity index (χ2v) is 4.87. The SMILES string of the molecule is Cc1ccccc1OCc1nc(-c2cccc([N+](=O)[O-])c2)no1. The fourth-order valence-corrected chi connectivity index (χ4v) is 2.05. The summed E-state index contributed by atoms with van der Waals surface area (Å²) in [6.45, 7) is 2.07. The Morgan fingerprint density at radius 3 is 2.83 bits per heavy atom. The summed E-state index contributed by atoms with van der Waals surface area (Å²) in [6.07, 6.45) is 0. The largest absolute Gasteiger partial charge is 0.483 e. The van der Waals surface area contributed by atoms with Crippen LogP contribution >= 0.6 is 0 Å². The summed E-state index contributed by atoms with van der Waals surface area (Å²) in [5, 5.41) is 14.6. The van der Waals surface area contributed by atoms with Crippen molar-refractivity contribution in [2.24, 2.45) is 0 Å². The first kappa shape index (κ1) is 14.7. The van der Waals surface area contributed by atoms with Crippen LogP contribution in [0.2, 0.25) is 0 Å². The highest BCUT2D eigenvalue weighted by atomic mass is 16.6. The van der Waals surface area contributed by atoms with Crippen LogP contribution in [0, 0.1) is 17.0 Å². The van der Waals surface area contributed by atoms with E-state index < -0.39 is 4.92 Å². The summed E-state index contributed by atoms with van der Waals surface area (Å²) in [6, 6.07) is 13.7. The van der Waals surface area contributed by atoms with E-state index in [-0.39, 0.29) is 18.1 Å². The molecule has 3 aromatic rings. The summed E-state index contributed by atoms with van der Waals surface area (Å²) < 4.78 is 10.8. The van der Waals surface area contributed by atoms with Crippen LogP contribution in [-0.4, -0.2) is 15.1 Å². The lowest BCUT2D eigenvalue weighted by molar-refractivity contribution is -0.384. The van der Waals surface area contributed by atoms with Crippen molar-refractivity contribution < 1.29 is 14.2 Å². The van der Waals surface area contributed by atoms with E-state index in [9.17, 15) is 10.1 Å². The van der Waals surface area contributed by atoms with Crippen molar-refractivity contribution in [1.29, 1.82) is 0 Å². The number of aryl methyl sites for hydroxylation is 1. The van der Waals surface area contributed by atoms with Crippen molar-refractivity contribution >= 4 is 5.69 Å². The van der Waals surface area contributed by atoms with Gasteiger partial charge in [-0.05, 0) is 18.6 Å². The number of rotatable bonds is 5. The highest BCUT2D eigenvalue weighted by molar-refractivity contribution is 5.58. The molecule has 0 radical (unpaired) electrons. The molecule has 0 aliphatic carbocycles. The smallest absolute Gasteiger partial charge is 0.270 e. The van der Waals surface area contributed by atoms with Crippen molar-refractivity contribution in [2.75, 3.05) is 0 Å². The molecule has 2 aromatic carbocycles. The predicted octanol–water partition coefficient (Wildman–Crippen LogP) is 3.53. The van der Waals surface area contributed by atoms with Crippen molar-refractivity contribution in [2.45, 2.75) is 13.5 Å². The molecule has 0 unspecified atom stereocenters. The van der Waals surface area contributed by atoms with Crippen LogP contribution in [0.25, 0.3) is 11.4 Å². The van der Waals surface area contributed by atoms with E-state index in [1.165, 1.54) is 12.1 Å². The minimum absolute atomic E-state index is 0.0231. The monoisotopic (exact) mass is 311 g/mol. The Hall–Kier alpha value is -3.22. The summed E-state index contributed by atoms with van der Waals surface area (Å²) in [5.41, 5.74) is 1.50. The van der Waals surface area contributed by atoms with Crippen molar-refractivity contribution in [1.82, 2.24) is 10.1 Å². The molecule has 7 nitrogen and oxygen atoms in total. The van der Waals surface area contributed by atoms with Gasteiger partial charge in [-0.1, -0.05) is 35.5 Å². The molecule has 0 aliphatic rings. The predicted molar refractivity (Wildman–Crippen MR) is 81.9 cm³/mol. The van der Waals surface area contributed by atoms with Crippen LogP contribution in [-0.2, 0) is 6.61 Å². The Morgan fingerprint density at radius 1 is 1.22 bits per heavy atom. The van der Waals surface area contributed by atoms with Gasteiger partial charge in [0.05, 0.1) is 4.92 Å². The minimum atomic E-state index is -0.466. The van der Waals surface area contributed by atoms with Crippen LogP contribution < -0.4 is 4.74 Å². The Kier molecular flexibility index (Phi) is 4.01. The van der Waals surface area contributed by atoms with E-state index in [4.69, 9.17) is 9.26 Å². The molecule has 0 N–H and O–H groups in total. The molecule has 1 heterocycles. The van der Waals surface area contributed by atoms with Gasteiger partial charge in [0.1, 0.15) is 5.75 Å². The zero-order valence-electron chi connectivity index (χ0n) is 12.3. The van der Waals surface area contributed by atoms with E-state index in [1.807, 2.05) is 31.2 Å². The van der Waals surface area contributed by atoms with Gasteiger partial charge in [0, 0.05) is 17.7 Å². The maximum absolute atomic E-state index is 10.8. The average molecular weight is 311 g/mol. The highest BCUT2D eigenvalue weighted by Gasteiger charge is 2.13. The van der Waals surface area contributed by atoms with Crippen LogP contribution in [0.4, 0.5) is 5.69 Å². The lowest BCUT2D eigenvalue weighted by atomic mass is 10.2. The molecule has 1 aromatic heterocycles. The molecule has 0 saturated carbocycles. The zero-order chi connectivity index (χ0) is 16.2. The molecule has 23 heavy (non-hydrogen) atoms. The number of benzene rings is 2. The maximum Gasteiger partial charge on any atom is 0.270 e. The van der Waals surface area contributed by atoms with Crippen molar-refractivity contribution in [3.05, 3.63) is 70.1 Å². The number of hydrogen-bond donors (Lipinski definition) is 0. The van der Waals surface area contributed by atoms with E-state index in [0.717, 1.165) is 11.3 Å². The van der Waals surface area contributed by atoms with Crippen LogP contribution in [0.1, 0.15) is 11.5 Å². The van der Waals surface area contributed by atoms with Gasteiger partial charge in [-0.3, -0.25) is 10.1 Å². The fourth-order valence-electron chi connectivity index (χ4n) is 2.05. The number of para-hydroxylation sites is 1. The first-order valence-corrected chi connectivity index (χ1v) is 6.89. The molecule has 0 saturated heterocycles. The standard InChI is InChI=1S/C16H13N3O4/c1-11-5-2-3-8-14(11)22-10-15-17-16(18-23-15)12-6-4-7-13(9-12)19(20)21/h2-9H,10H2,1H3. The molecule has 7 heteroatoms. The minimum Gasteiger partial charge on any atom is -0.483 e. The molecular weight excluding hydrogens is 298 g/mol. The van der Waals surface area contributed by atoms with Gasteiger partial charge in [0.15, 0.2) is 6.61 Å². The van der Waals surface area contributed by atoms with Gasteiger partial charge in [-0.2, -0.15) is 4.98 Å². The summed E-state index contributed by atoms with van der Waals surface area (Å²) in [4.78, 5) is 14.5. The normalized spacial score (nSPS) is 10.5. The number of hydrogen-bond acceptors (Lipinski definition) is 6. The number of nitro benzene ring substituents is 1. The summed E-state index contributed by atoms with van der Waals surface area (Å²) >= 11 is 0. The number of non-ortho nitro benzene ring substituents is 1. The van der Waals surface area contributed by atoms with Crippen molar-refractivity contribution in [3.63, 3.8) is 0 Å². The molecule has 116 valence electrons. The molecule has 0 spiro atoms. The van der Waals surface area contributed by atoms with E-state index in [0.29, 0.717) is 11.5 Å². The molecule has 3 rings (SSSR count). The Labute approximate surface area is 131 Å². The lowest BCUT2D eigenvalue weighted by Gasteiger charge is -2.05. The second kappa shape index (κ2) is 6.27. The van der Waals surface area contributed by atoms with Gasteiger partial charge >= 0.3 is 0 Å². The molecule has 0 fully saturated rings. The van der Waals surface area contributed by atoms with Gasteiger partial charge in [0.2, 0.25) is 5.82 Å². The second-order valence-electron chi connectivity index (χ2n) is 4.87. The molecule has 0 amide bonds. The quantitative estimate of drug-likeness (QED) is 0.528. The van der Waals surface area contributed by atoms with Gasteiger partial charge < -0.3 is 9.26 Å². The zero-order valence-corrected chi connectivity index (χ0v) is 12.3. The van der Waals surface area contributed by atoms with Crippen molar-refractivity contribution in [3.8, 4) is 17.1 Å².